The molecule has 1 amide bonds. The highest BCUT2D eigenvalue weighted by molar-refractivity contribution is 5.81. The van der Waals surface area contributed by atoms with E-state index < -0.39 is 0 Å². The van der Waals surface area contributed by atoms with Crippen molar-refractivity contribution in [2.45, 2.75) is 32.0 Å². The number of hydrogen-bond donors (Lipinski definition) is 1. The molecule has 0 saturated heterocycles. The number of carbonyl (C=O) groups is 1. The fourth-order valence-electron chi connectivity index (χ4n) is 2.72. The van der Waals surface area contributed by atoms with Crippen molar-refractivity contribution < 1.29 is 9.53 Å². The molecule has 0 radical (unpaired) electrons. The third-order valence-corrected chi connectivity index (χ3v) is 4.09. The van der Waals surface area contributed by atoms with E-state index in [9.17, 15) is 4.79 Å². The maximum atomic E-state index is 12.2. The van der Waals surface area contributed by atoms with E-state index in [1.54, 1.807) is 0 Å². The Morgan fingerprint density at radius 2 is 1.88 bits per heavy atom. The molecule has 0 bridgehead atoms. The van der Waals surface area contributed by atoms with E-state index >= 15 is 0 Å². The topological polar surface area (TPSA) is 56.2 Å². The summed E-state index contributed by atoms with van der Waals surface area (Å²) in [5, 5.41) is 3.03. The molecule has 0 aliphatic heterocycles. The Morgan fingerprint density at radius 1 is 1.12 bits per heavy atom. The molecule has 1 N–H and O–H groups in total. The largest absolute Gasteiger partial charge is 0.486 e. The van der Waals surface area contributed by atoms with Crippen LogP contribution in [-0.4, -0.2) is 21.5 Å². The van der Waals surface area contributed by atoms with Gasteiger partial charge in [0.1, 0.15) is 24.7 Å². The number of nitrogens with one attached hydrogen (secondary N) is 1. The van der Waals surface area contributed by atoms with Gasteiger partial charge < -0.3 is 14.6 Å². The van der Waals surface area contributed by atoms with Crippen molar-refractivity contribution in [1.29, 1.82) is 0 Å². The molecule has 122 valence electrons. The van der Waals surface area contributed by atoms with Gasteiger partial charge in [-0.25, -0.2) is 4.98 Å². The van der Waals surface area contributed by atoms with Gasteiger partial charge in [0, 0.05) is 6.04 Å². The molecule has 1 aromatic heterocycles. The van der Waals surface area contributed by atoms with Gasteiger partial charge in [-0.15, -0.1) is 0 Å². The third kappa shape index (κ3) is 3.25. The minimum atomic E-state index is 0.0293. The molecule has 2 aromatic carbocycles. The zero-order chi connectivity index (χ0) is 16.4. The second-order valence-electron chi connectivity index (χ2n) is 6.05. The second kappa shape index (κ2) is 6.35. The SMILES string of the molecule is O=C(Cn1c(COc2ccccc2)nc2ccccc21)NC1CC1. The van der Waals surface area contributed by atoms with Gasteiger partial charge in [0.15, 0.2) is 0 Å². The predicted octanol–water partition coefficient (Wildman–Crippen LogP) is 2.89. The maximum Gasteiger partial charge on any atom is 0.240 e. The quantitative estimate of drug-likeness (QED) is 0.759. The number of hydrogen-bond acceptors (Lipinski definition) is 3. The maximum absolute atomic E-state index is 12.2. The van der Waals surface area contributed by atoms with E-state index in [1.807, 2.05) is 59.2 Å². The summed E-state index contributed by atoms with van der Waals surface area (Å²) in [7, 11) is 0. The standard InChI is InChI=1S/C19H19N3O2/c23-19(20-14-10-11-14)12-22-17-9-5-4-8-16(17)21-18(22)13-24-15-6-2-1-3-7-15/h1-9,14H,10-13H2,(H,20,23). The van der Waals surface area contributed by atoms with Gasteiger partial charge in [-0.3, -0.25) is 4.79 Å². The molecule has 4 rings (SSSR count). The number of benzene rings is 2. The zero-order valence-corrected chi connectivity index (χ0v) is 13.3. The van der Waals surface area contributed by atoms with Gasteiger partial charge in [-0.2, -0.15) is 0 Å². The summed E-state index contributed by atoms with van der Waals surface area (Å²) >= 11 is 0. The Labute approximate surface area is 140 Å². The lowest BCUT2D eigenvalue weighted by Gasteiger charge is -2.10. The Morgan fingerprint density at radius 3 is 2.67 bits per heavy atom. The van der Waals surface area contributed by atoms with Crippen molar-refractivity contribution in [1.82, 2.24) is 14.9 Å². The Bertz CT molecular complexity index is 853. The van der Waals surface area contributed by atoms with Crippen molar-refractivity contribution in [3.05, 3.63) is 60.4 Å². The lowest BCUT2D eigenvalue weighted by molar-refractivity contribution is -0.121. The molecule has 0 unspecified atom stereocenters. The van der Waals surface area contributed by atoms with E-state index in [0.717, 1.165) is 35.4 Å². The molecule has 1 saturated carbocycles. The van der Waals surface area contributed by atoms with Crippen LogP contribution in [0, 0.1) is 0 Å². The summed E-state index contributed by atoms with van der Waals surface area (Å²) in [6.07, 6.45) is 2.17. The molecular weight excluding hydrogens is 302 g/mol. The minimum Gasteiger partial charge on any atom is -0.486 e. The van der Waals surface area contributed by atoms with Crippen molar-refractivity contribution in [2.75, 3.05) is 0 Å². The second-order valence-corrected chi connectivity index (χ2v) is 6.05. The van der Waals surface area contributed by atoms with Crippen molar-refractivity contribution in [3.63, 3.8) is 0 Å². The summed E-state index contributed by atoms with van der Waals surface area (Å²) < 4.78 is 7.76. The normalized spacial score (nSPS) is 13.8. The van der Waals surface area contributed by atoms with Gasteiger partial charge in [-0.1, -0.05) is 30.3 Å². The Kier molecular flexibility index (Phi) is 3.91. The van der Waals surface area contributed by atoms with Gasteiger partial charge >= 0.3 is 0 Å². The van der Waals surface area contributed by atoms with Crippen LogP contribution in [-0.2, 0) is 17.9 Å². The van der Waals surface area contributed by atoms with E-state index in [2.05, 4.69) is 10.3 Å². The highest BCUT2D eigenvalue weighted by Gasteiger charge is 2.24. The van der Waals surface area contributed by atoms with Crippen LogP contribution in [0.25, 0.3) is 11.0 Å². The number of aromatic nitrogens is 2. The number of carbonyl (C=O) groups excluding carboxylic acids is 1. The van der Waals surface area contributed by atoms with E-state index in [0.29, 0.717) is 12.6 Å². The van der Waals surface area contributed by atoms with Crippen LogP contribution < -0.4 is 10.1 Å². The third-order valence-electron chi connectivity index (χ3n) is 4.09. The van der Waals surface area contributed by atoms with Crippen LogP contribution in [0.15, 0.2) is 54.6 Å². The van der Waals surface area contributed by atoms with Gasteiger partial charge in [0.05, 0.1) is 11.0 Å². The number of nitrogens with zero attached hydrogens (tertiary/aromatic N) is 2. The summed E-state index contributed by atoms with van der Waals surface area (Å²) in [6, 6.07) is 17.8. The number of para-hydroxylation sites is 3. The van der Waals surface area contributed by atoms with Gasteiger partial charge in [0.2, 0.25) is 5.91 Å². The predicted molar refractivity (Wildman–Crippen MR) is 91.7 cm³/mol. The average Bonchev–Trinajstić information content (AvgIpc) is 3.35. The first kappa shape index (κ1) is 14.8. The highest BCUT2D eigenvalue weighted by Crippen LogP contribution is 2.20. The molecule has 3 aromatic rings. The molecule has 0 atom stereocenters. The first-order chi connectivity index (χ1) is 11.8. The summed E-state index contributed by atoms with van der Waals surface area (Å²) in [4.78, 5) is 16.9. The summed E-state index contributed by atoms with van der Waals surface area (Å²) in [5.74, 6) is 1.58. The molecule has 1 aliphatic carbocycles. The van der Waals surface area contributed by atoms with Gasteiger partial charge in [-0.05, 0) is 37.1 Å². The van der Waals surface area contributed by atoms with E-state index in [4.69, 9.17) is 4.74 Å². The molecule has 1 aliphatic rings. The number of fused-ring (bicyclic) bond motifs is 1. The van der Waals surface area contributed by atoms with Crippen molar-refractivity contribution in [3.8, 4) is 5.75 Å². The molecule has 1 fully saturated rings. The van der Waals surface area contributed by atoms with Crippen LogP contribution in [0.2, 0.25) is 0 Å². The number of amides is 1. The zero-order valence-electron chi connectivity index (χ0n) is 13.3. The van der Waals surface area contributed by atoms with E-state index in [1.165, 1.54) is 0 Å². The Balaban J connectivity index is 1.58. The van der Waals surface area contributed by atoms with Crippen LogP contribution in [0.4, 0.5) is 0 Å². The molecule has 24 heavy (non-hydrogen) atoms. The first-order valence-electron chi connectivity index (χ1n) is 8.21. The molecule has 5 nitrogen and oxygen atoms in total. The smallest absolute Gasteiger partial charge is 0.240 e. The fraction of sp³-hybridized carbons (Fsp3) is 0.263. The van der Waals surface area contributed by atoms with Crippen LogP contribution in [0.5, 0.6) is 5.75 Å². The molecular formula is C19H19N3O2. The monoisotopic (exact) mass is 321 g/mol. The molecule has 5 heteroatoms. The minimum absolute atomic E-state index is 0.0293. The van der Waals surface area contributed by atoms with Crippen molar-refractivity contribution in [2.24, 2.45) is 0 Å². The lowest BCUT2D eigenvalue weighted by Crippen LogP contribution is -2.30. The lowest BCUT2D eigenvalue weighted by atomic mass is 10.3. The number of rotatable bonds is 6. The first-order valence-corrected chi connectivity index (χ1v) is 8.21. The fourth-order valence-corrected chi connectivity index (χ4v) is 2.72. The van der Waals surface area contributed by atoms with Gasteiger partial charge in [0.25, 0.3) is 0 Å². The number of imidazole rings is 1. The van der Waals surface area contributed by atoms with Crippen LogP contribution >= 0.6 is 0 Å². The number of ether oxygens (including phenoxy) is 1. The highest BCUT2D eigenvalue weighted by atomic mass is 16.5. The Hall–Kier alpha value is -2.82. The summed E-state index contributed by atoms with van der Waals surface area (Å²) in [6.45, 7) is 0.597. The molecule has 1 heterocycles. The van der Waals surface area contributed by atoms with Crippen LogP contribution in [0.1, 0.15) is 18.7 Å². The summed E-state index contributed by atoms with van der Waals surface area (Å²) in [5.41, 5.74) is 1.83. The van der Waals surface area contributed by atoms with Crippen LogP contribution in [0.3, 0.4) is 0 Å². The average molecular weight is 321 g/mol. The molecule has 0 spiro atoms. The van der Waals surface area contributed by atoms with Crippen molar-refractivity contribution >= 4 is 16.9 Å². The van der Waals surface area contributed by atoms with E-state index in [-0.39, 0.29) is 12.5 Å².